The van der Waals surface area contributed by atoms with Gasteiger partial charge in [-0.15, -0.1) is 13.2 Å². The van der Waals surface area contributed by atoms with E-state index < -0.39 is 6.36 Å². The molecule has 0 saturated carbocycles. The molecule has 1 aromatic heterocycles. The molecule has 1 aliphatic rings. The zero-order valence-corrected chi connectivity index (χ0v) is 15.7. The zero-order chi connectivity index (χ0) is 20.1. The van der Waals surface area contributed by atoms with Crippen LogP contribution in [0, 0.1) is 0 Å². The first-order chi connectivity index (χ1) is 13.3. The minimum absolute atomic E-state index is 0.0983. The van der Waals surface area contributed by atoms with E-state index in [2.05, 4.69) is 25.3 Å². The molecule has 1 atom stereocenters. The van der Waals surface area contributed by atoms with Crippen molar-refractivity contribution in [2.45, 2.75) is 45.2 Å². The Morgan fingerprint density at radius 2 is 2.07 bits per heavy atom. The number of nitrogens with zero attached hydrogens (tertiary/aromatic N) is 2. The largest absolute Gasteiger partial charge is 0.573 e. The third-order valence-corrected chi connectivity index (χ3v) is 4.04. The van der Waals surface area contributed by atoms with Gasteiger partial charge < -0.3 is 20.1 Å². The first-order valence-corrected chi connectivity index (χ1v) is 9.16. The van der Waals surface area contributed by atoms with Gasteiger partial charge in [-0.3, -0.25) is 0 Å². The molecule has 0 unspecified atom stereocenters. The van der Waals surface area contributed by atoms with Crippen molar-refractivity contribution in [2.75, 3.05) is 23.8 Å². The van der Waals surface area contributed by atoms with Crippen molar-refractivity contribution < 1.29 is 22.6 Å². The second-order valence-corrected chi connectivity index (χ2v) is 6.85. The molecule has 0 radical (unpaired) electrons. The summed E-state index contributed by atoms with van der Waals surface area (Å²) in [6.07, 6.45) is -2.60. The highest BCUT2D eigenvalue weighted by Crippen LogP contribution is 2.28. The van der Waals surface area contributed by atoms with Crippen molar-refractivity contribution >= 4 is 11.8 Å². The lowest BCUT2D eigenvalue weighted by molar-refractivity contribution is -0.274. The van der Waals surface area contributed by atoms with Crippen molar-refractivity contribution in [3.63, 3.8) is 0 Å². The maximum atomic E-state index is 12.5. The van der Waals surface area contributed by atoms with E-state index in [1.165, 1.54) is 18.2 Å². The van der Waals surface area contributed by atoms with Gasteiger partial charge in [-0.1, -0.05) is 12.1 Å². The summed E-state index contributed by atoms with van der Waals surface area (Å²) in [4.78, 5) is 8.87. The normalized spacial score (nSPS) is 17.0. The maximum absolute atomic E-state index is 12.5. The van der Waals surface area contributed by atoms with Gasteiger partial charge in [-0.25, -0.2) is 4.98 Å². The van der Waals surface area contributed by atoms with Gasteiger partial charge in [-0.2, -0.15) is 4.98 Å². The molecule has 9 heteroatoms. The number of rotatable bonds is 7. The summed E-state index contributed by atoms with van der Waals surface area (Å²) in [5.74, 6) is 0.672. The number of hydrogen-bond acceptors (Lipinski definition) is 6. The number of nitrogens with one attached hydrogen (secondary N) is 2. The summed E-state index contributed by atoms with van der Waals surface area (Å²) in [5, 5.41) is 6.37. The van der Waals surface area contributed by atoms with E-state index in [1.54, 1.807) is 12.1 Å². The molecule has 0 amide bonds. The molecular formula is C19H23F3N4O2. The van der Waals surface area contributed by atoms with Crippen LogP contribution in [0.25, 0.3) is 11.3 Å². The minimum Gasteiger partial charge on any atom is -0.406 e. The Hall–Kier alpha value is -2.55. The Morgan fingerprint density at radius 3 is 2.75 bits per heavy atom. The van der Waals surface area contributed by atoms with Gasteiger partial charge >= 0.3 is 6.36 Å². The minimum atomic E-state index is -4.75. The molecule has 3 rings (SSSR count). The average Bonchev–Trinajstić information content (AvgIpc) is 3.11. The van der Waals surface area contributed by atoms with Crippen LogP contribution in [0.1, 0.15) is 26.7 Å². The van der Waals surface area contributed by atoms with Crippen LogP contribution in [0.4, 0.5) is 24.9 Å². The number of halogens is 3. The second-order valence-electron chi connectivity index (χ2n) is 6.85. The molecule has 1 aromatic carbocycles. The van der Waals surface area contributed by atoms with Crippen molar-refractivity contribution in [3.05, 3.63) is 30.3 Å². The molecule has 0 bridgehead atoms. The lowest BCUT2D eigenvalue weighted by Gasteiger charge is -2.15. The van der Waals surface area contributed by atoms with E-state index in [1.807, 2.05) is 13.8 Å². The first kappa shape index (κ1) is 20.2. The second kappa shape index (κ2) is 8.64. The maximum Gasteiger partial charge on any atom is 0.573 e. The Kier molecular flexibility index (Phi) is 6.23. The summed E-state index contributed by atoms with van der Waals surface area (Å²) >= 11 is 0. The zero-order valence-electron chi connectivity index (χ0n) is 15.7. The van der Waals surface area contributed by atoms with Gasteiger partial charge in [0, 0.05) is 30.8 Å². The van der Waals surface area contributed by atoms with Crippen LogP contribution in [-0.4, -0.2) is 41.6 Å². The van der Waals surface area contributed by atoms with Crippen LogP contribution in [0.5, 0.6) is 5.75 Å². The van der Waals surface area contributed by atoms with Crippen LogP contribution in [-0.2, 0) is 4.74 Å². The summed E-state index contributed by atoms with van der Waals surface area (Å²) in [7, 11) is 0. The molecule has 0 spiro atoms. The van der Waals surface area contributed by atoms with Crippen LogP contribution >= 0.6 is 0 Å². The fourth-order valence-corrected chi connectivity index (χ4v) is 2.88. The van der Waals surface area contributed by atoms with E-state index in [4.69, 9.17) is 4.74 Å². The highest BCUT2D eigenvalue weighted by molar-refractivity contribution is 5.66. The van der Waals surface area contributed by atoms with E-state index >= 15 is 0 Å². The molecule has 2 aromatic rings. The average molecular weight is 396 g/mol. The van der Waals surface area contributed by atoms with E-state index in [-0.39, 0.29) is 17.9 Å². The Morgan fingerprint density at radius 1 is 1.25 bits per heavy atom. The first-order valence-electron chi connectivity index (χ1n) is 9.16. The predicted molar refractivity (Wildman–Crippen MR) is 100 cm³/mol. The summed E-state index contributed by atoms with van der Waals surface area (Å²) in [6.45, 7) is 5.27. The fourth-order valence-electron chi connectivity index (χ4n) is 2.88. The number of alkyl halides is 3. The topological polar surface area (TPSA) is 68.3 Å². The van der Waals surface area contributed by atoms with Crippen LogP contribution in [0.15, 0.2) is 30.3 Å². The van der Waals surface area contributed by atoms with E-state index in [9.17, 15) is 13.2 Å². The Labute approximate surface area is 161 Å². The van der Waals surface area contributed by atoms with Crippen molar-refractivity contribution in [1.82, 2.24) is 9.97 Å². The number of aromatic nitrogens is 2. The third-order valence-electron chi connectivity index (χ3n) is 4.04. The SMILES string of the molecule is CC(C)Nc1nc(NC[C@H]2CCCO2)cc(-c2cccc(OC(F)(F)F)c2)n1. The van der Waals surface area contributed by atoms with Gasteiger partial charge in [-0.05, 0) is 38.8 Å². The van der Waals surface area contributed by atoms with E-state index in [0.717, 1.165) is 19.4 Å². The van der Waals surface area contributed by atoms with Crippen molar-refractivity contribution in [3.8, 4) is 17.0 Å². The predicted octanol–water partition coefficient (Wildman–Crippen LogP) is 4.45. The molecule has 1 fully saturated rings. The summed E-state index contributed by atoms with van der Waals surface area (Å²) in [5.41, 5.74) is 0.983. The quantitative estimate of drug-likeness (QED) is 0.721. The van der Waals surface area contributed by atoms with Gasteiger partial charge in [0.05, 0.1) is 11.8 Å². The molecule has 1 saturated heterocycles. The third kappa shape index (κ3) is 5.98. The molecule has 0 aliphatic carbocycles. The molecule has 28 heavy (non-hydrogen) atoms. The molecule has 2 N–H and O–H groups in total. The van der Waals surface area contributed by atoms with E-state index in [0.29, 0.717) is 29.6 Å². The van der Waals surface area contributed by atoms with Crippen molar-refractivity contribution in [1.29, 1.82) is 0 Å². The number of ether oxygens (including phenoxy) is 2. The van der Waals surface area contributed by atoms with Crippen LogP contribution in [0.2, 0.25) is 0 Å². The van der Waals surface area contributed by atoms with Gasteiger partial charge in [0.2, 0.25) is 5.95 Å². The smallest absolute Gasteiger partial charge is 0.406 e. The molecule has 6 nitrogen and oxygen atoms in total. The highest BCUT2D eigenvalue weighted by Gasteiger charge is 2.31. The number of benzene rings is 1. The number of hydrogen-bond donors (Lipinski definition) is 2. The Balaban J connectivity index is 1.85. The summed E-state index contributed by atoms with van der Waals surface area (Å²) in [6, 6.07) is 7.53. The molecular weight excluding hydrogens is 373 g/mol. The van der Waals surface area contributed by atoms with Gasteiger partial charge in [0.15, 0.2) is 0 Å². The lowest BCUT2D eigenvalue weighted by atomic mass is 10.1. The van der Waals surface area contributed by atoms with Crippen LogP contribution < -0.4 is 15.4 Å². The van der Waals surface area contributed by atoms with Crippen molar-refractivity contribution in [2.24, 2.45) is 0 Å². The van der Waals surface area contributed by atoms with Gasteiger partial charge in [0.25, 0.3) is 0 Å². The van der Waals surface area contributed by atoms with Crippen LogP contribution in [0.3, 0.4) is 0 Å². The monoisotopic (exact) mass is 396 g/mol. The molecule has 152 valence electrons. The molecule has 2 heterocycles. The lowest BCUT2D eigenvalue weighted by Crippen LogP contribution is -2.20. The van der Waals surface area contributed by atoms with Gasteiger partial charge in [0.1, 0.15) is 11.6 Å². The molecule has 1 aliphatic heterocycles. The Bertz CT molecular complexity index is 793. The standard InChI is InChI=1S/C19H23F3N4O2/c1-12(2)24-18-25-16(10-17(26-18)23-11-15-7-4-8-27-15)13-5-3-6-14(9-13)28-19(20,21)22/h3,5-6,9-10,12,15H,4,7-8,11H2,1-2H3,(H2,23,24,25,26)/t15-/m1/s1. The fraction of sp³-hybridized carbons (Fsp3) is 0.474. The number of anilines is 2. The summed E-state index contributed by atoms with van der Waals surface area (Å²) < 4.78 is 47.2. The highest BCUT2D eigenvalue weighted by atomic mass is 19.4.